The fraction of sp³-hybridized carbons (Fsp3) is 0.588. The Morgan fingerprint density at radius 1 is 1.39 bits per heavy atom. The van der Waals surface area contributed by atoms with Crippen molar-refractivity contribution in [3.05, 3.63) is 24.5 Å². The fourth-order valence-electron chi connectivity index (χ4n) is 3.15. The summed E-state index contributed by atoms with van der Waals surface area (Å²) in [4.78, 5) is 32.1. The van der Waals surface area contributed by atoms with Gasteiger partial charge in [-0.05, 0) is 43.7 Å². The lowest BCUT2D eigenvalue weighted by Crippen LogP contribution is -2.45. The van der Waals surface area contributed by atoms with Crippen LogP contribution in [-0.2, 0) is 9.53 Å². The van der Waals surface area contributed by atoms with Crippen molar-refractivity contribution in [3.8, 4) is 0 Å². The summed E-state index contributed by atoms with van der Waals surface area (Å²) in [5.74, 6) is 0.620. The maximum Gasteiger partial charge on any atom is 0.409 e. The van der Waals surface area contributed by atoms with Crippen molar-refractivity contribution in [1.29, 1.82) is 0 Å². The predicted octanol–water partition coefficient (Wildman–Crippen LogP) is 2.30. The van der Waals surface area contributed by atoms with E-state index in [1.165, 1.54) is 7.11 Å². The van der Waals surface area contributed by atoms with Crippen molar-refractivity contribution in [2.75, 3.05) is 31.6 Å². The number of carbonyl (C=O) groups excluding carboxylic acids is 2. The van der Waals surface area contributed by atoms with E-state index in [0.29, 0.717) is 13.1 Å². The number of aromatic nitrogens is 1. The van der Waals surface area contributed by atoms with Crippen LogP contribution in [0.5, 0.6) is 0 Å². The molecule has 1 aliphatic carbocycles. The van der Waals surface area contributed by atoms with E-state index in [4.69, 9.17) is 4.74 Å². The third-order valence-electron chi connectivity index (χ3n) is 4.54. The first kappa shape index (κ1) is 15.8. The van der Waals surface area contributed by atoms with E-state index in [2.05, 4.69) is 4.98 Å². The quantitative estimate of drug-likeness (QED) is 0.855. The average Bonchev–Trinajstić information content (AvgIpc) is 3.44. The van der Waals surface area contributed by atoms with Crippen LogP contribution in [0.25, 0.3) is 0 Å². The zero-order valence-corrected chi connectivity index (χ0v) is 13.5. The highest BCUT2D eigenvalue weighted by molar-refractivity contribution is 5.96. The largest absolute Gasteiger partial charge is 0.453 e. The van der Waals surface area contributed by atoms with Crippen molar-refractivity contribution in [1.82, 2.24) is 9.88 Å². The summed E-state index contributed by atoms with van der Waals surface area (Å²) in [6.45, 7) is 2.00. The SMILES string of the molecule is COC(=O)N1CCCC(CN(C(=O)C2CC2)c2cccnc2)C1. The minimum atomic E-state index is -0.281. The molecule has 6 nitrogen and oxygen atoms in total. The number of likely N-dealkylation sites (tertiary alicyclic amines) is 1. The highest BCUT2D eigenvalue weighted by Crippen LogP contribution is 2.33. The maximum atomic E-state index is 12.6. The Kier molecular flexibility index (Phi) is 4.79. The first-order chi connectivity index (χ1) is 11.2. The summed E-state index contributed by atoms with van der Waals surface area (Å²) in [6, 6.07) is 3.78. The van der Waals surface area contributed by atoms with Gasteiger partial charge in [0.25, 0.3) is 0 Å². The molecule has 1 aliphatic heterocycles. The van der Waals surface area contributed by atoms with Gasteiger partial charge in [-0.3, -0.25) is 9.78 Å². The smallest absolute Gasteiger partial charge is 0.409 e. The highest BCUT2D eigenvalue weighted by atomic mass is 16.5. The Hall–Kier alpha value is -2.11. The van der Waals surface area contributed by atoms with Gasteiger partial charge in [-0.2, -0.15) is 0 Å². The second kappa shape index (κ2) is 6.98. The van der Waals surface area contributed by atoms with Crippen LogP contribution in [0.2, 0.25) is 0 Å². The molecule has 2 amide bonds. The van der Waals surface area contributed by atoms with Gasteiger partial charge >= 0.3 is 6.09 Å². The van der Waals surface area contributed by atoms with Gasteiger partial charge in [-0.25, -0.2) is 4.79 Å². The van der Waals surface area contributed by atoms with E-state index in [1.807, 2.05) is 17.0 Å². The standard InChI is InChI=1S/C17H23N3O3/c1-23-17(22)19-9-3-4-13(11-19)12-20(16(21)14-6-7-14)15-5-2-8-18-10-15/h2,5,8,10,13-14H,3-4,6-7,9,11-12H2,1H3. The number of ether oxygens (including phenoxy) is 1. The molecule has 2 fully saturated rings. The first-order valence-corrected chi connectivity index (χ1v) is 8.23. The molecule has 2 aliphatic rings. The lowest BCUT2D eigenvalue weighted by Gasteiger charge is -2.35. The Labute approximate surface area is 136 Å². The Morgan fingerprint density at radius 2 is 2.22 bits per heavy atom. The minimum Gasteiger partial charge on any atom is -0.453 e. The Morgan fingerprint density at radius 3 is 2.87 bits per heavy atom. The molecule has 1 aromatic heterocycles. The molecule has 1 aromatic rings. The molecule has 3 rings (SSSR count). The molecular formula is C17H23N3O3. The highest BCUT2D eigenvalue weighted by Gasteiger charge is 2.36. The number of piperidine rings is 1. The summed E-state index contributed by atoms with van der Waals surface area (Å²) < 4.78 is 4.82. The second-order valence-electron chi connectivity index (χ2n) is 6.36. The molecule has 0 radical (unpaired) electrons. The molecule has 0 bridgehead atoms. The van der Waals surface area contributed by atoms with E-state index in [-0.39, 0.29) is 23.8 Å². The van der Waals surface area contributed by atoms with Gasteiger partial charge in [0.15, 0.2) is 0 Å². The summed E-state index contributed by atoms with van der Waals surface area (Å²) in [5.41, 5.74) is 0.847. The van der Waals surface area contributed by atoms with E-state index < -0.39 is 0 Å². The van der Waals surface area contributed by atoms with Gasteiger partial charge in [0.05, 0.1) is 19.0 Å². The predicted molar refractivity (Wildman–Crippen MR) is 86.0 cm³/mol. The van der Waals surface area contributed by atoms with Gasteiger partial charge in [0, 0.05) is 31.7 Å². The second-order valence-corrected chi connectivity index (χ2v) is 6.36. The van der Waals surface area contributed by atoms with Gasteiger partial charge in [0.1, 0.15) is 0 Å². The summed E-state index contributed by atoms with van der Waals surface area (Å²) in [7, 11) is 1.41. The third-order valence-corrected chi connectivity index (χ3v) is 4.54. The number of anilines is 1. The molecule has 1 saturated carbocycles. The van der Waals surface area contributed by atoms with Crippen LogP contribution in [0.3, 0.4) is 0 Å². The van der Waals surface area contributed by atoms with Gasteiger partial charge in [0.2, 0.25) is 5.91 Å². The van der Waals surface area contributed by atoms with E-state index in [9.17, 15) is 9.59 Å². The number of carbonyl (C=O) groups is 2. The lowest BCUT2D eigenvalue weighted by atomic mass is 9.97. The molecule has 6 heteroatoms. The molecule has 2 heterocycles. The van der Waals surface area contributed by atoms with Gasteiger partial charge < -0.3 is 14.5 Å². The molecule has 0 aromatic carbocycles. The topological polar surface area (TPSA) is 62.7 Å². The maximum absolute atomic E-state index is 12.6. The number of hydrogen-bond donors (Lipinski definition) is 0. The molecule has 124 valence electrons. The number of amides is 2. The lowest BCUT2D eigenvalue weighted by molar-refractivity contribution is -0.120. The number of pyridine rings is 1. The monoisotopic (exact) mass is 317 g/mol. The summed E-state index contributed by atoms with van der Waals surface area (Å²) in [6.07, 6.45) is 7.09. The van der Waals surface area contributed by atoms with Crippen LogP contribution in [0, 0.1) is 11.8 Å². The molecule has 23 heavy (non-hydrogen) atoms. The fourth-order valence-corrected chi connectivity index (χ4v) is 3.15. The van der Waals surface area contributed by atoms with Crippen LogP contribution < -0.4 is 4.90 Å². The van der Waals surface area contributed by atoms with Crippen LogP contribution in [-0.4, -0.2) is 48.6 Å². The Bertz CT molecular complexity index is 559. The van der Waals surface area contributed by atoms with Crippen molar-refractivity contribution in [2.24, 2.45) is 11.8 Å². The van der Waals surface area contributed by atoms with Crippen molar-refractivity contribution in [2.45, 2.75) is 25.7 Å². The zero-order valence-electron chi connectivity index (χ0n) is 13.5. The molecular weight excluding hydrogens is 294 g/mol. The van der Waals surface area contributed by atoms with E-state index in [1.54, 1.807) is 17.3 Å². The van der Waals surface area contributed by atoms with Crippen LogP contribution in [0.4, 0.5) is 10.5 Å². The van der Waals surface area contributed by atoms with Crippen molar-refractivity contribution in [3.63, 3.8) is 0 Å². The van der Waals surface area contributed by atoms with Gasteiger partial charge in [-0.15, -0.1) is 0 Å². The number of hydrogen-bond acceptors (Lipinski definition) is 4. The van der Waals surface area contributed by atoms with Crippen LogP contribution >= 0.6 is 0 Å². The third kappa shape index (κ3) is 3.81. The van der Waals surface area contributed by atoms with Crippen LogP contribution in [0.15, 0.2) is 24.5 Å². The van der Waals surface area contributed by atoms with Gasteiger partial charge in [-0.1, -0.05) is 0 Å². The molecule has 0 N–H and O–H groups in total. The zero-order chi connectivity index (χ0) is 16.2. The number of nitrogens with zero attached hydrogens (tertiary/aromatic N) is 3. The number of rotatable bonds is 4. The molecule has 0 spiro atoms. The summed E-state index contributed by atoms with van der Waals surface area (Å²) in [5, 5.41) is 0. The Balaban J connectivity index is 1.70. The summed E-state index contributed by atoms with van der Waals surface area (Å²) >= 11 is 0. The van der Waals surface area contributed by atoms with E-state index >= 15 is 0 Å². The molecule has 1 atom stereocenters. The van der Waals surface area contributed by atoms with Crippen LogP contribution in [0.1, 0.15) is 25.7 Å². The minimum absolute atomic E-state index is 0.163. The van der Waals surface area contributed by atoms with E-state index in [0.717, 1.165) is 37.9 Å². The first-order valence-electron chi connectivity index (χ1n) is 8.23. The van der Waals surface area contributed by atoms with Crippen molar-refractivity contribution >= 4 is 17.7 Å². The normalized spacial score (nSPS) is 20.9. The number of methoxy groups -OCH3 is 1. The average molecular weight is 317 g/mol. The molecule has 1 unspecified atom stereocenters. The van der Waals surface area contributed by atoms with Crippen molar-refractivity contribution < 1.29 is 14.3 Å². The molecule has 1 saturated heterocycles.